The summed E-state index contributed by atoms with van der Waals surface area (Å²) < 4.78 is 12.4. The number of hydrogen-bond acceptors (Lipinski definition) is 6. The van der Waals surface area contributed by atoms with E-state index in [2.05, 4.69) is 35.4 Å². The van der Waals surface area contributed by atoms with Crippen LogP contribution in [-0.4, -0.2) is 22.6 Å². The van der Waals surface area contributed by atoms with Gasteiger partial charge in [0.2, 0.25) is 0 Å². The standard InChI is InChI=1S/C26H24ClN3O4/c1-16-3-2-4-21-20(16)5-6-23(21)34-25-9-24(19(8-22(25)27)13-30-14-26(31)32)33-15-18-7-17(10-28)11-29-12-18/h2-4,7-9,11-12,23,30H,5-6,13-15H2,1H3,(H,31,32)/t23-/m0/s1. The molecule has 0 spiro atoms. The van der Waals surface area contributed by atoms with Crippen molar-refractivity contribution < 1.29 is 19.4 Å². The lowest BCUT2D eigenvalue weighted by molar-refractivity contribution is -0.136. The van der Waals surface area contributed by atoms with E-state index >= 15 is 0 Å². The monoisotopic (exact) mass is 477 g/mol. The third-order valence-corrected chi connectivity index (χ3v) is 6.04. The highest BCUT2D eigenvalue weighted by molar-refractivity contribution is 6.32. The zero-order valence-electron chi connectivity index (χ0n) is 18.7. The highest BCUT2D eigenvalue weighted by atomic mass is 35.5. The van der Waals surface area contributed by atoms with E-state index in [1.165, 1.54) is 22.9 Å². The van der Waals surface area contributed by atoms with Crippen LogP contribution in [0.1, 0.15) is 45.9 Å². The van der Waals surface area contributed by atoms with Crippen molar-refractivity contribution in [1.29, 1.82) is 5.26 Å². The summed E-state index contributed by atoms with van der Waals surface area (Å²) in [5, 5.41) is 21.3. The zero-order valence-corrected chi connectivity index (χ0v) is 19.4. The Bertz CT molecular complexity index is 1260. The number of carboxylic acids is 1. The predicted octanol–water partition coefficient (Wildman–Crippen LogP) is 4.73. The first-order valence-corrected chi connectivity index (χ1v) is 11.3. The Morgan fingerprint density at radius 1 is 1.29 bits per heavy atom. The number of pyridine rings is 1. The summed E-state index contributed by atoms with van der Waals surface area (Å²) in [6.45, 7) is 2.35. The number of nitriles is 1. The number of benzene rings is 2. The van der Waals surface area contributed by atoms with Crippen molar-refractivity contribution in [3.63, 3.8) is 0 Å². The molecule has 34 heavy (non-hydrogen) atoms. The lowest BCUT2D eigenvalue weighted by atomic mass is 10.0. The second-order valence-electron chi connectivity index (χ2n) is 8.16. The minimum absolute atomic E-state index is 0.104. The molecule has 0 radical (unpaired) electrons. The maximum absolute atomic E-state index is 10.9. The van der Waals surface area contributed by atoms with Crippen LogP contribution < -0.4 is 14.8 Å². The van der Waals surface area contributed by atoms with Gasteiger partial charge >= 0.3 is 5.97 Å². The van der Waals surface area contributed by atoms with Crippen molar-refractivity contribution in [1.82, 2.24) is 10.3 Å². The fourth-order valence-electron chi connectivity index (χ4n) is 4.11. The second-order valence-corrected chi connectivity index (χ2v) is 8.57. The lowest BCUT2D eigenvalue weighted by Crippen LogP contribution is -2.22. The molecule has 3 aromatic rings. The van der Waals surface area contributed by atoms with Crippen LogP contribution in [0.25, 0.3) is 0 Å². The minimum Gasteiger partial charge on any atom is -0.488 e. The molecule has 2 aromatic carbocycles. The van der Waals surface area contributed by atoms with E-state index in [1.807, 2.05) is 6.07 Å². The van der Waals surface area contributed by atoms with Gasteiger partial charge in [-0.2, -0.15) is 5.26 Å². The number of carbonyl (C=O) groups is 1. The Morgan fingerprint density at radius 3 is 2.94 bits per heavy atom. The molecule has 0 saturated heterocycles. The topological polar surface area (TPSA) is 104 Å². The van der Waals surface area contributed by atoms with Crippen LogP contribution in [0.4, 0.5) is 0 Å². The number of rotatable bonds is 9. The van der Waals surface area contributed by atoms with E-state index in [-0.39, 0.29) is 25.8 Å². The SMILES string of the molecule is Cc1cccc2c1CC[C@@H]2Oc1cc(OCc2cncc(C#N)c2)c(CNCC(=O)O)cc1Cl. The number of halogens is 1. The molecule has 0 amide bonds. The van der Waals surface area contributed by atoms with Crippen LogP contribution in [0, 0.1) is 18.3 Å². The average Bonchev–Trinajstić information content (AvgIpc) is 3.24. The van der Waals surface area contributed by atoms with Crippen molar-refractivity contribution in [2.75, 3.05) is 6.54 Å². The molecule has 1 aromatic heterocycles. The fourth-order valence-corrected chi connectivity index (χ4v) is 4.34. The second kappa shape index (κ2) is 10.6. The van der Waals surface area contributed by atoms with E-state index < -0.39 is 5.97 Å². The maximum atomic E-state index is 10.9. The molecule has 1 aliphatic carbocycles. The number of aliphatic carboxylic acids is 1. The molecule has 0 aliphatic heterocycles. The van der Waals surface area contributed by atoms with Gasteiger partial charge in [0.05, 0.1) is 17.1 Å². The summed E-state index contributed by atoms with van der Waals surface area (Å²) in [6, 6.07) is 13.5. The molecule has 0 saturated carbocycles. The number of hydrogen-bond donors (Lipinski definition) is 2. The van der Waals surface area contributed by atoms with Crippen molar-refractivity contribution in [2.24, 2.45) is 0 Å². The van der Waals surface area contributed by atoms with E-state index in [9.17, 15) is 4.79 Å². The number of nitrogens with one attached hydrogen (secondary N) is 1. The van der Waals surface area contributed by atoms with Crippen LogP contribution in [0.2, 0.25) is 5.02 Å². The summed E-state index contributed by atoms with van der Waals surface area (Å²) in [5.41, 5.74) is 5.63. The molecule has 1 heterocycles. The summed E-state index contributed by atoms with van der Waals surface area (Å²) in [7, 11) is 0. The Hall–Kier alpha value is -3.60. The third kappa shape index (κ3) is 5.48. The summed E-state index contributed by atoms with van der Waals surface area (Å²) in [6.07, 6.45) is 4.83. The Kier molecular flexibility index (Phi) is 7.31. The number of aryl methyl sites for hydroxylation is 1. The van der Waals surface area contributed by atoms with Gasteiger partial charge in [0, 0.05) is 36.1 Å². The van der Waals surface area contributed by atoms with E-state index in [0.717, 1.165) is 18.4 Å². The van der Waals surface area contributed by atoms with E-state index in [4.69, 9.17) is 31.4 Å². The van der Waals surface area contributed by atoms with Gasteiger partial charge in [-0.3, -0.25) is 9.78 Å². The Balaban J connectivity index is 1.58. The first kappa shape index (κ1) is 23.6. The van der Waals surface area contributed by atoms with Crippen LogP contribution in [0.15, 0.2) is 48.8 Å². The Labute approximate surface area is 202 Å². The van der Waals surface area contributed by atoms with Gasteiger partial charge in [0.1, 0.15) is 30.3 Å². The van der Waals surface area contributed by atoms with Crippen LogP contribution >= 0.6 is 11.6 Å². The molecular weight excluding hydrogens is 454 g/mol. The first-order chi connectivity index (χ1) is 16.4. The third-order valence-electron chi connectivity index (χ3n) is 5.74. The average molecular weight is 478 g/mol. The molecule has 8 heteroatoms. The van der Waals surface area contributed by atoms with Gasteiger partial charge in [-0.05, 0) is 48.6 Å². The molecule has 0 fully saturated rings. The minimum atomic E-state index is -0.955. The largest absolute Gasteiger partial charge is 0.488 e. The van der Waals surface area contributed by atoms with Gasteiger partial charge in [-0.25, -0.2) is 0 Å². The molecule has 4 rings (SSSR count). The number of fused-ring (bicyclic) bond motifs is 1. The first-order valence-electron chi connectivity index (χ1n) is 10.9. The molecule has 1 aliphatic rings. The number of nitrogens with zero attached hydrogens (tertiary/aromatic N) is 2. The zero-order chi connectivity index (χ0) is 24.1. The number of ether oxygens (including phenoxy) is 2. The van der Waals surface area contributed by atoms with Gasteiger partial charge in [-0.15, -0.1) is 0 Å². The molecule has 2 N–H and O–H groups in total. The summed E-state index contributed by atoms with van der Waals surface area (Å²) >= 11 is 6.57. The van der Waals surface area contributed by atoms with E-state index in [0.29, 0.717) is 27.6 Å². The van der Waals surface area contributed by atoms with Crippen LogP contribution in [0.5, 0.6) is 11.5 Å². The van der Waals surface area contributed by atoms with Gasteiger partial charge < -0.3 is 19.9 Å². The van der Waals surface area contributed by atoms with Crippen molar-refractivity contribution >= 4 is 17.6 Å². The number of aromatic nitrogens is 1. The molecule has 0 bridgehead atoms. The molecule has 1 atom stereocenters. The number of carboxylic acid groups (broad SMARTS) is 1. The summed E-state index contributed by atoms with van der Waals surface area (Å²) in [5.74, 6) is 0.0622. The molecule has 174 valence electrons. The van der Waals surface area contributed by atoms with Crippen molar-refractivity contribution in [3.8, 4) is 17.6 Å². The molecule has 7 nitrogen and oxygen atoms in total. The highest BCUT2D eigenvalue weighted by Gasteiger charge is 2.26. The van der Waals surface area contributed by atoms with Gasteiger partial charge in [0.15, 0.2) is 0 Å². The summed E-state index contributed by atoms with van der Waals surface area (Å²) in [4.78, 5) is 15.0. The van der Waals surface area contributed by atoms with E-state index in [1.54, 1.807) is 24.4 Å². The normalized spacial score (nSPS) is 14.3. The van der Waals surface area contributed by atoms with Crippen LogP contribution in [-0.2, 0) is 24.4 Å². The van der Waals surface area contributed by atoms with Crippen LogP contribution in [0.3, 0.4) is 0 Å². The highest BCUT2D eigenvalue weighted by Crippen LogP contribution is 2.40. The smallest absolute Gasteiger partial charge is 0.317 e. The molecule has 0 unspecified atom stereocenters. The molecular formula is C26H24ClN3O4. The maximum Gasteiger partial charge on any atom is 0.317 e. The van der Waals surface area contributed by atoms with Crippen molar-refractivity contribution in [3.05, 3.63) is 87.2 Å². The lowest BCUT2D eigenvalue weighted by Gasteiger charge is -2.19. The van der Waals surface area contributed by atoms with Gasteiger partial charge in [0.25, 0.3) is 0 Å². The predicted molar refractivity (Wildman–Crippen MR) is 127 cm³/mol. The van der Waals surface area contributed by atoms with Crippen molar-refractivity contribution in [2.45, 2.75) is 39.0 Å². The quantitative estimate of drug-likeness (QED) is 0.458. The Morgan fingerprint density at radius 2 is 2.15 bits per heavy atom. The fraction of sp³-hybridized carbons (Fsp3) is 0.269. The van der Waals surface area contributed by atoms with Gasteiger partial charge in [-0.1, -0.05) is 29.8 Å².